The van der Waals surface area contributed by atoms with Gasteiger partial charge in [-0.25, -0.2) is 0 Å². The minimum absolute atomic E-state index is 0.0123. The van der Waals surface area contributed by atoms with Crippen LogP contribution in [0.5, 0.6) is 0 Å². The Morgan fingerprint density at radius 1 is 0.412 bits per heavy atom. The van der Waals surface area contributed by atoms with Crippen molar-refractivity contribution in [2.24, 2.45) is 0 Å². The van der Waals surface area contributed by atoms with Crippen LogP contribution in [-0.2, 0) is 14.3 Å². The molecular weight excluding hydrogens is 839 g/mol. The third-order valence-electron chi connectivity index (χ3n) is 13.9. The van der Waals surface area contributed by atoms with Crippen LogP contribution in [0.15, 0.2) is 36.5 Å². The Labute approximate surface area is 424 Å². The Balaban J connectivity index is 3.41. The Kier molecular flexibility index (Phi) is 56.0. The summed E-state index contributed by atoms with van der Waals surface area (Å²) >= 11 is 0. The van der Waals surface area contributed by atoms with E-state index in [0.717, 1.165) is 44.9 Å². The predicted octanol–water partition coefficient (Wildman–Crippen LogP) is 18.8. The van der Waals surface area contributed by atoms with Crippen LogP contribution in [0.3, 0.4) is 0 Å². The topological polar surface area (TPSA) is 95.9 Å². The van der Waals surface area contributed by atoms with Gasteiger partial charge >= 0.3 is 5.97 Å². The van der Waals surface area contributed by atoms with Crippen LogP contribution in [-0.4, -0.2) is 47.4 Å². The first-order valence-corrected chi connectivity index (χ1v) is 30.3. The zero-order valence-corrected chi connectivity index (χ0v) is 45.6. The molecule has 0 aromatic carbocycles. The van der Waals surface area contributed by atoms with Crippen LogP contribution in [0, 0.1) is 0 Å². The van der Waals surface area contributed by atoms with Gasteiger partial charge in [-0.15, -0.1) is 0 Å². The number of amides is 1. The molecule has 0 radical (unpaired) electrons. The third-order valence-corrected chi connectivity index (χ3v) is 13.9. The van der Waals surface area contributed by atoms with Crippen molar-refractivity contribution in [3.8, 4) is 0 Å². The number of hydrogen-bond donors (Lipinski definition) is 3. The minimum atomic E-state index is -0.844. The Hall–Kier alpha value is -1.92. The molecule has 0 bridgehead atoms. The van der Waals surface area contributed by atoms with Crippen molar-refractivity contribution >= 4 is 11.9 Å². The zero-order chi connectivity index (χ0) is 49.3. The van der Waals surface area contributed by atoms with Crippen LogP contribution in [0.25, 0.3) is 0 Å². The second-order valence-electron chi connectivity index (χ2n) is 20.7. The fourth-order valence-corrected chi connectivity index (χ4v) is 9.25. The van der Waals surface area contributed by atoms with Crippen LogP contribution in [0.1, 0.15) is 322 Å². The molecule has 0 saturated heterocycles. The van der Waals surface area contributed by atoms with E-state index >= 15 is 0 Å². The quantitative estimate of drug-likeness (QED) is 0.0321. The summed E-state index contributed by atoms with van der Waals surface area (Å²) in [5.41, 5.74) is 0. The lowest BCUT2D eigenvalue weighted by molar-refractivity contribution is -0.143. The highest BCUT2D eigenvalue weighted by atomic mass is 16.5. The molecule has 2 atom stereocenters. The molecule has 0 heterocycles. The van der Waals surface area contributed by atoms with Gasteiger partial charge in [0.15, 0.2) is 0 Å². The van der Waals surface area contributed by atoms with E-state index in [2.05, 4.69) is 43.5 Å². The van der Waals surface area contributed by atoms with Crippen LogP contribution in [0.2, 0.25) is 0 Å². The van der Waals surface area contributed by atoms with Gasteiger partial charge in [0.1, 0.15) is 0 Å². The van der Waals surface area contributed by atoms with Gasteiger partial charge in [-0.2, -0.15) is 0 Å². The van der Waals surface area contributed by atoms with Crippen LogP contribution in [0.4, 0.5) is 0 Å². The van der Waals surface area contributed by atoms with Crippen molar-refractivity contribution in [3.63, 3.8) is 0 Å². The summed E-state index contributed by atoms with van der Waals surface area (Å²) in [4.78, 5) is 24.4. The first kappa shape index (κ1) is 66.1. The molecule has 6 heteroatoms. The maximum atomic E-state index is 12.4. The van der Waals surface area contributed by atoms with Gasteiger partial charge in [0.05, 0.1) is 25.4 Å². The lowest BCUT2D eigenvalue weighted by Gasteiger charge is -2.20. The summed E-state index contributed by atoms with van der Waals surface area (Å²) in [6, 6.07) is -0.628. The molecule has 0 fully saturated rings. The number of ether oxygens (including phenoxy) is 1. The molecule has 0 aromatic rings. The molecule has 2 unspecified atom stereocenters. The molecule has 1 amide bonds. The molecule has 3 N–H and O–H groups in total. The highest BCUT2D eigenvalue weighted by molar-refractivity contribution is 5.76. The summed E-state index contributed by atoms with van der Waals surface area (Å²) in [6.45, 7) is 4.89. The average molecular weight is 957 g/mol. The summed E-state index contributed by atoms with van der Waals surface area (Å²) < 4.78 is 5.48. The number of aliphatic hydroxyl groups is 2. The first-order chi connectivity index (χ1) is 33.5. The average Bonchev–Trinajstić information content (AvgIpc) is 3.34. The van der Waals surface area contributed by atoms with E-state index in [4.69, 9.17) is 4.74 Å². The lowest BCUT2D eigenvalue weighted by atomic mass is 10.0. The molecule has 0 aliphatic heterocycles. The van der Waals surface area contributed by atoms with Crippen molar-refractivity contribution in [1.29, 1.82) is 0 Å². The molecule has 0 spiro atoms. The maximum absolute atomic E-state index is 12.4. The largest absolute Gasteiger partial charge is 0.466 e. The highest BCUT2D eigenvalue weighted by Crippen LogP contribution is 2.17. The van der Waals surface area contributed by atoms with Crippen molar-refractivity contribution in [1.82, 2.24) is 5.32 Å². The molecule has 6 nitrogen and oxygen atoms in total. The molecule has 0 saturated carbocycles. The number of esters is 1. The Bertz CT molecular complexity index is 1100. The smallest absolute Gasteiger partial charge is 0.305 e. The lowest BCUT2D eigenvalue weighted by Crippen LogP contribution is -2.45. The standard InChI is InChI=1S/C62H117NO5/c1-3-5-7-9-11-13-15-16-33-36-40-44-48-52-56-62(67)68-57-53-49-45-41-37-34-31-29-27-25-23-21-19-17-18-20-22-24-26-28-30-32-35-39-43-47-51-55-61(66)63-59(58-64)60(65)54-50-46-42-38-14-12-10-8-6-4-2/h17-18,21,23,50,54,59-60,64-65H,3-16,19-20,22,24-49,51-53,55-58H2,1-2H3,(H,63,66)/b18-17-,23-21-,54-50+. The van der Waals surface area contributed by atoms with Crippen LogP contribution < -0.4 is 5.32 Å². The molecule has 68 heavy (non-hydrogen) atoms. The maximum Gasteiger partial charge on any atom is 0.305 e. The third kappa shape index (κ3) is 53.4. The van der Waals surface area contributed by atoms with Gasteiger partial charge in [0, 0.05) is 12.8 Å². The Morgan fingerprint density at radius 3 is 1.12 bits per heavy atom. The van der Waals surface area contributed by atoms with E-state index in [1.54, 1.807) is 6.08 Å². The monoisotopic (exact) mass is 956 g/mol. The van der Waals surface area contributed by atoms with E-state index in [1.807, 2.05) is 6.08 Å². The number of rotatable bonds is 56. The van der Waals surface area contributed by atoms with E-state index in [1.165, 1.54) is 250 Å². The van der Waals surface area contributed by atoms with E-state index < -0.39 is 12.1 Å². The fourth-order valence-electron chi connectivity index (χ4n) is 9.25. The van der Waals surface area contributed by atoms with E-state index in [9.17, 15) is 19.8 Å². The van der Waals surface area contributed by atoms with Crippen LogP contribution >= 0.6 is 0 Å². The molecular formula is C62H117NO5. The highest BCUT2D eigenvalue weighted by Gasteiger charge is 2.18. The van der Waals surface area contributed by atoms with Gasteiger partial charge in [-0.1, -0.05) is 281 Å². The van der Waals surface area contributed by atoms with Crippen molar-refractivity contribution in [2.45, 2.75) is 334 Å². The number of nitrogens with one attached hydrogen (secondary N) is 1. The number of carbonyl (C=O) groups is 2. The molecule has 0 aromatic heterocycles. The molecule has 0 rings (SSSR count). The molecule has 0 aliphatic rings. The number of allylic oxidation sites excluding steroid dienone is 5. The van der Waals surface area contributed by atoms with E-state index in [-0.39, 0.29) is 18.5 Å². The van der Waals surface area contributed by atoms with Gasteiger partial charge in [0.25, 0.3) is 0 Å². The summed E-state index contributed by atoms with van der Waals surface area (Å²) in [7, 11) is 0. The predicted molar refractivity (Wildman–Crippen MR) is 296 cm³/mol. The summed E-state index contributed by atoms with van der Waals surface area (Å²) in [6.07, 6.45) is 71.9. The van der Waals surface area contributed by atoms with Crippen molar-refractivity contribution < 1.29 is 24.5 Å². The van der Waals surface area contributed by atoms with Gasteiger partial charge in [-0.3, -0.25) is 9.59 Å². The summed E-state index contributed by atoms with van der Waals surface area (Å²) in [5.74, 6) is -0.0606. The molecule has 400 valence electrons. The normalized spacial score (nSPS) is 12.8. The Morgan fingerprint density at radius 2 is 0.735 bits per heavy atom. The fraction of sp³-hybridized carbons (Fsp3) is 0.871. The number of unbranched alkanes of at least 4 members (excludes halogenated alkanes) is 41. The van der Waals surface area contributed by atoms with E-state index in [0.29, 0.717) is 19.4 Å². The zero-order valence-electron chi connectivity index (χ0n) is 45.6. The second-order valence-corrected chi connectivity index (χ2v) is 20.7. The number of aliphatic hydroxyl groups excluding tert-OH is 2. The van der Waals surface area contributed by atoms with Crippen molar-refractivity contribution in [3.05, 3.63) is 36.5 Å². The SMILES string of the molecule is CCCCCCCCCC/C=C/C(O)C(CO)NC(=O)CCCCCCCCCCCCC/C=C\C/C=C\CCCCCCCCCCCOC(=O)CCCCCCCCCCCCCCCC. The van der Waals surface area contributed by atoms with Gasteiger partial charge < -0.3 is 20.3 Å². The number of carbonyl (C=O) groups excluding carboxylic acids is 2. The second kappa shape index (κ2) is 57.7. The van der Waals surface area contributed by atoms with Gasteiger partial charge in [0.2, 0.25) is 5.91 Å². The molecule has 0 aliphatic carbocycles. The minimum Gasteiger partial charge on any atom is -0.466 e. The number of hydrogen-bond acceptors (Lipinski definition) is 5. The first-order valence-electron chi connectivity index (χ1n) is 30.3. The summed E-state index contributed by atoms with van der Waals surface area (Å²) in [5, 5.41) is 23.0. The van der Waals surface area contributed by atoms with Crippen molar-refractivity contribution in [2.75, 3.05) is 13.2 Å². The van der Waals surface area contributed by atoms with Gasteiger partial charge in [-0.05, 0) is 64.2 Å².